The lowest BCUT2D eigenvalue weighted by atomic mass is 9.95. The zero-order valence-corrected chi connectivity index (χ0v) is 17.6. The summed E-state index contributed by atoms with van der Waals surface area (Å²) < 4.78 is 7.43. The Morgan fingerprint density at radius 3 is 2.54 bits per heavy atom. The molecule has 3 aromatic carbocycles. The molecule has 0 N–H and O–H groups in total. The van der Waals surface area contributed by atoms with Crippen molar-refractivity contribution in [1.29, 1.82) is 0 Å². The van der Waals surface area contributed by atoms with Crippen LogP contribution in [0.4, 0.5) is 0 Å². The van der Waals surface area contributed by atoms with Crippen LogP contribution >= 0.6 is 27.5 Å². The maximum Gasteiger partial charge on any atom is 0.213 e. The molecule has 0 amide bonds. The smallest absolute Gasteiger partial charge is 0.213 e. The minimum Gasteiger partial charge on any atom is -0.464 e. The highest BCUT2D eigenvalue weighted by atomic mass is 79.9. The van der Waals surface area contributed by atoms with E-state index in [-0.39, 0.29) is 12.3 Å². The van der Waals surface area contributed by atoms with E-state index >= 15 is 0 Å². The molecule has 140 valence electrons. The third-order valence-corrected chi connectivity index (χ3v) is 6.04. The molecule has 0 fully saturated rings. The van der Waals surface area contributed by atoms with Crippen LogP contribution in [0.2, 0.25) is 5.02 Å². The molecule has 0 bridgehead atoms. The van der Waals surface area contributed by atoms with Crippen molar-refractivity contribution in [1.82, 2.24) is 5.01 Å². The van der Waals surface area contributed by atoms with Gasteiger partial charge in [-0.15, -0.1) is 0 Å². The third kappa shape index (κ3) is 3.11. The number of benzene rings is 3. The van der Waals surface area contributed by atoms with Gasteiger partial charge in [-0.3, -0.25) is 0 Å². The summed E-state index contributed by atoms with van der Waals surface area (Å²) in [5.41, 5.74) is 5.69. The maximum absolute atomic E-state index is 6.39. The van der Waals surface area contributed by atoms with E-state index in [2.05, 4.69) is 58.2 Å². The molecule has 0 aromatic heterocycles. The van der Waals surface area contributed by atoms with Crippen LogP contribution in [0.3, 0.4) is 0 Å². The van der Waals surface area contributed by atoms with Gasteiger partial charge in [0.25, 0.3) is 0 Å². The van der Waals surface area contributed by atoms with Crippen molar-refractivity contribution >= 4 is 33.2 Å². The topological polar surface area (TPSA) is 24.8 Å². The van der Waals surface area contributed by atoms with Gasteiger partial charge in [-0.05, 0) is 42.8 Å². The van der Waals surface area contributed by atoms with Crippen LogP contribution in [0, 0.1) is 6.92 Å². The Morgan fingerprint density at radius 1 is 1.04 bits per heavy atom. The molecule has 28 heavy (non-hydrogen) atoms. The summed E-state index contributed by atoms with van der Waals surface area (Å²) >= 11 is 9.69. The number of halogens is 2. The van der Waals surface area contributed by atoms with Crippen molar-refractivity contribution < 1.29 is 4.74 Å². The Balaban J connectivity index is 1.59. The molecule has 2 aliphatic heterocycles. The summed E-state index contributed by atoms with van der Waals surface area (Å²) in [6.07, 6.45) is 0.568. The van der Waals surface area contributed by atoms with Gasteiger partial charge in [0.1, 0.15) is 5.75 Å². The Hall–Kier alpha value is -2.30. The molecule has 0 unspecified atom stereocenters. The first-order valence-electron chi connectivity index (χ1n) is 9.23. The molecule has 5 rings (SSSR count). The number of hydrazone groups is 1. The number of rotatable bonds is 2. The van der Waals surface area contributed by atoms with Crippen LogP contribution < -0.4 is 4.74 Å². The Bertz CT molecular complexity index is 1060. The van der Waals surface area contributed by atoms with Crippen LogP contribution in [0.25, 0.3) is 0 Å². The van der Waals surface area contributed by atoms with E-state index in [9.17, 15) is 0 Å². The van der Waals surface area contributed by atoms with E-state index in [4.69, 9.17) is 21.4 Å². The van der Waals surface area contributed by atoms with Gasteiger partial charge >= 0.3 is 0 Å². The summed E-state index contributed by atoms with van der Waals surface area (Å²) in [7, 11) is 0. The SMILES string of the molecule is Cc1ccc(C2=NN3[C@H](C2)c2cc(Br)ccc2O[C@@H]3c2ccc(Cl)cc2)cc1. The van der Waals surface area contributed by atoms with Crippen LogP contribution in [0.1, 0.15) is 40.9 Å². The number of nitrogens with zero attached hydrogens (tertiary/aromatic N) is 2. The fraction of sp³-hybridized carbons (Fsp3) is 0.174. The number of ether oxygens (including phenoxy) is 1. The summed E-state index contributed by atoms with van der Waals surface area (Å²) in [5.74, 6) is 0.907. The summed E-state index contributed by atoms with van der Waals surface area (Å²) in [6, 6.07) is 22.7. The largest absolute Gasteiger partial charge is 0.464 e. The van der Waals surface area contributed by atoms with Gasteiger partial charge in [-0.1, -0.05) is 69.5 Å². The number of hydrogen-bond acceptors (Lipinski definition) is 3. The van der Waals surface area contributed by atoms with Gasteiger partial charge in [-0.2, -0.15) is 5.10 Å². The number of aryl methyl sites for hydroxylation is 1. The Labute approximate surface area is 177 Å². The van der Waals surface area contributed by atoms with Crippen molar-refractivity contribution in [3.63, 3.8) is 0 Å². The summed E-state index contributed by atoms with van der Waals surface area (Å²) in [4.78, 5) is 0. The minimum atomic E-state index is -0.279. The average Bonchev–Trinajstić information content (AvgIpc) is 3.14. The lowest BCUT2D eigenvalue weighted by Crippen LogP contribution is -2.33. The first-order chi connectivity index (χ1) is 13.6. The average molecular weight is 454 g/mol. The second kappa shape index (κ2) is 6.94. The molecule has 2 atom stereocenters. The highest BCUT2D eigenvalue weighted by molar-refractivity contribution is 9.10. The molecule has 2 heterocycles. The Kier molecular flexibility index (Phi) is 4.41. The first kappa shape index (κ1) is 17.8. The lowest BCUT2D eigenvalue weighted by molar-refractivity contribution is -0.0190. The standard InChI is InChI=1S/C23H18BrClN2O/c1-14-2-4-15(5-3-14)20-13-21-19-12-17(24)8-11-22(19)28-23(27(21)26-20)16-6-9-18(25)10-7-16/h2-12,21,23H,13H2,1H3/t21-,23-/m1/s1. The maximum atomic E-state index is 6.39. The second-order valence-corrected chi connectivity index (χ2v) is 8.57. The van der Waals surface area contributed by atoms with E-state index in [1.54, 1.807) is 0 Å². The zero-order chi connectivity index (χ0) is 19.3. The predicted octanol–water partition coefficient (Wildman–Crippen LogP) is 6.65. The molecular formula is C23H18BrClN2O. The second-order valence-electron chi connectivity index (χ2n) is 7.22. The van der Waals surface area contributed by atoms with E-state index < -0.39 is 0 Å². The van der Waals surface area contributed by atoms with Crippen molar-refractivity contribution in [3.8, 4) is 5.75 Å². The molecule has 3 aromatic rings. The van der Waals surface area contributed by atoms with Crippen molar-refractivity contribution in [2.24, 2.45) is 5.10 Å². The van der Waals surface area contributed by atoms with Crippen LogP contribution in [0.15, 0.2) is 76.3 Å². The minimum absolute atomic E-state index is 0.137. The molecule has 0 spiro atoms. The molecule has 0 radical (unpaired) electrons. The number of fused-ring (bicyclic) bond motifs is 3. The van der Waals surface area contributed by atoms with Gasteiger partial charge in [-0.25, -0.2) is 5.01 Å². The summed E-state index contributed by atoms with van der Waals surface area (Å²) in [6.45, 7) is 2.10. The molecule has 0 saturated carbocycles. The van der Waals surface area contributed by atoms with Crippen LogP contribution in [-0.2, 0) is 0 Å². The zero-order valence-electron chi connectivity index (χ0n) is 15.3. The highest BCUT2D eigenvalue weighted by Gasteiger charge is 2.41. The molecule has 5 heteroatoms. The normalized spacial score (nSPS) is 20.2. The number of hydrogen-bond donors (Lipinski definition) is 0. The quantitative estimate of drug-likeness (QED) is 0.434. The third-order valence-electron chi connectivity index (χ3n) is 5.29. The van der Waals surface area contributed by atoms with Gasteiger partial charge in [0.05, 0.1) is 11.8 Å². The predicted molar refractivity (Wildman–Crippen MR) is 116 cm³/mol. The molecule has 3 nitrogen and oxygen atoms in total. The van der Waals surface area contributed by atoms with Gasteiger partial charge in [0.2, 0.25) is 6.23 Å². The highest BCUT2D eigenvalue weighted by Crippen LogP contribution is 2.48. The lowest BCUT2D eigenvalue weighted by Gasteiger charge is -2.38. The molecule has 0 aliphatic carbocycles. The van der Waals surface area contributed by atoms with Crippen LogP contribution in [-0.4, -0.2) is 10.7 Å². The summed E-state index contributed by atoms with van der Waals surface area (Å²) in [5, 5.41) is 7.80. The van der Waals surface area contributed by atoms with E-state index in [1.807, 2.05) is 36.4 Å². The van der Waals surface area contributed by atoms with Crippen LogP contribution in [0.5, 0.6) is 5.75 Å². The first-order valence-corrected chi connectivity index (χ1v) is 10.4. The van der Waals surface area contributed by atoms with E-state index in [0.717, 1.165) is 39.0 Å². The van der Waals surface area contributed by atoms with Gasteiger partial charge < -0.3 is 4.74 Å². The molecule has 0 saturated heterocycles. The van der Waals surface area contributed by atoms with E-state index in [1.165, 1.54) is 5.56 Å². The Morgan fingerprint density at radius 2 is 1.79 bits per heavy atom. The fourth-order valence-electron chi connectivity index (χ4n) is 3.83. The fourth-order valence-corrected chi connectivity index (χ4v) is 4.33. The van der Waals surface area contributed by atoms with E-state index in [0.29, 0.717) is 5.02 Å². The molecule has 2 aliphatic rings. The van der Waals surface area contributed by atoms with Crippen molar-refractivity contribution in [2.45, 2.75) is 25.6 Å². The van der Waals surface area contributed by atoms with Crippen molar-refractivity contribution in [3.05, 3.63) is 98.5 Å². The van der Waals surface area contributed by atoms with Gasteiger partial charge in [0, 0.05) is 27.0 Å². The molecular weight excluding hydrogens is 436 g/mol. The van der Waals surface area contributed by atoms with Crippen molar-refractivity contribution in [2.75, 3.05) is 0 Å². The monoisotopic (exact) mass is 452 g/mol. The van der Waals surface area contributed by atoms with Gasteiger partial charge in [0.15, 0.2) is 0 Å².